The second kappa shape index (κ2) is 4.07. The Morgan fingerprint density at radius 2 is 2.19 bits per heavy atom. The van der Waals surface area contributed by atoms with Crippen LogP contribution in [0.4, 0.5) is 0 Å². The van der Waals surface area contributed by atoms with Gasteiger partial charge in [-0.2, -0.15) is 5.10 Å². The van der Waals surface area contributed by atoms with Crippen molar-refractivity contribution in [2.24, 2.45) is 12.8 Å². The predicted octanol–water partition coefficient (Wildman–Crippen LogP) is 2.42. The van der Waals surface area contributed by atoms with Crippen molar-refractivity contribution in [3.05, 3.63) is 28.4 Å². The Balaban J connectivity index is 2.71. The zero-order valence-electron chi connectivity index (χ0n) is 9.79. The Morgan fingerprint density at radius 3 is 2.81 bits per heavy atom. The van der Waals surface area contributed by atoms with Crippen LogP contribution in [0.3, 0.4) is 0 Å². The molecule has 4 heteroatoms. The summed E-state index contributed by atoms with van der Waals surface area (Å²) in [4.78, 5) is 0. The molecular formula is C12H16ClN3. The van der Waals surface area contributed by atoms with E-state index in [1.54, 1.807) is 0 Å². The van der Waals surface area contributed by atoms with Crippen molar-refractivity contribution in [3.63, 3.8) is 0 Å². The van der Waals surface area contributed by atoms with Crippen LogP contribution in [0.25, 0.3) is 10.9 Å². The Bertz CT molecular complexity index is 529. The summed E-state index contributed by atoms with van der Waals surface area (Å²) in [6, 6.07) is 4.06. The number of nitrogens with two attached hydrogens (primary N) is 1. The molecule has 1 aromatic heterocycles. The number of benzene rings is 1. The van der Waals surface area contributed by atoms with Gasteiger partial charge in [0.1, 0.15) is 0 Å². The Kier molecular flexibility index (Phi) is 2.91. The molecule has 0 saturated carbocycles. The van der Waals surface area contributed by atoms with Gasteiger partial charge in [0.2, 0.25) is 0 Å². The number of nitrogens with zero attached hydrogens (tertiary/aromatic N) is 2. The van der Waals surface area contributed by atoms with Crippen LogP contribution in [-0.2, 0) is 13.5 Å². The van der Waals surface area contributed by atoms with Crippen LogP contribution in [0.1, 0.15) is 18.2 Å². The second-order valence-corrected chi connectivity index (χ2v) is 4.79. The molecular weight excluding hydrogens is 222 g/mol. The summed E-state index contributed by atoms with van der Waals surface area (Å²) in [5.41, 5.74) is 9.16. The van der Waals surface area contributed by atoms with E-state index in [0.717, 1.165) is 28.0 Å². The lowest BCUT2D eigenvalue weighted by molar-refractivity contribution is 0.729. The van der Waals surface area contributed by atoms with E-state index in [2.05, 4.69) is 5.10 Å². The zero-order valence-corrected chi connectivity index (χ0v) is 10.5. The first-order chi connectivity index (χ1) is 7.49. The fourth-order valence-corrected chi connectivity index (χ4v) is 2.39. The molecule has 0 aliphatic rings. The average Bonchev–Trinajstić information content (AvgIpc) is 2.40. The summed E-state index contributed by atoms with van der Waals surface area (Å²) in [6.45, 7) is 3.99. The molecule has 0 fully saturated rings. The highest BCUT2D eigenvalue weighted by atomic mass is 35.5. The quantitative estimate of drug-likeness (QED) is 0.872. The molecule has 2 aromatic rings. The van der Waals surface area contributed by atoms with Crippen LogP contribution in [0.15, 0.2) is 12.1 Å². The smallest absolute Gasteiger partial charge is 0.0715 e. The van der Waals surface area contributed by atoms with Crippen LogP contribution in [0.5, 0.6) is 0 Å². The molecule has 16 heavy (non-hydrogen) atoms. The third-order valence-corrected chi connectivity index (χ3v) is 2.93. The van der Waals surface area contributed by atoms with Crippen LogP contribution >= 0.6 is 11.6 Å². The van der Waals surface area contributed by atoms with Crippen LogP contribution in [0.2, 0.25) is 5.02 Å². The van der Waals surface area contributed by atoms with Gasteiger partial charge in [-0.3, -0.25) is 4.68 Å². The van der Waals surface area contributed by atoms with Gasteiger partial charge in [-0.1, -0.05) is 11.6 Å². The minimum atomic E-state index is 0.122. The number of halogens is 1. The fourth-order valence-electron chi connectivity index (χ4n) is 2.14. The van der Waals surface area contributed by atoms with Crippen molar-refractivity contribution in [2.45, 2.75) is 26.3 Å². The molecule has 1 atom stereocenters. The number of rotatable bonds is 2. The van der Waals surface area contributed by atoms with Gasteiger partial charge in [0.25, 0.3) is 0 Å². The van der Waals surface area contributed by atoms with Crippen LogP contribution in [0, 0.1) is 6.92 Å². The summed E-state index contributed by atoms with van der Waals surface area (Å²) in [6.07, 6.45) is 0.816. The zero-order chi connectivity index (χ0) is 11.9. The molecule has 2 rings (SSSR count). The number of hydrogen-bond donors (Lipinski definition) is 1. The monoisotopic (exact) mass is 237 g/mol. The van der Waals surface area contributed by atoms with Crippen molar-refractivity contribution in [3.8, 4) is 0 Å². The first kappa shape index (κ1) is 11.4. The highest BCUT2D eigenvalue weighted by molar-refractivity contribution is 6.31. The van der Waals surface area contributed by atoms with Gasteiger partial charge >= 0.3 is 0 Å². The number of fused-ring (bicyclic) bond motifs is 1. The lowest BCUT2D eigenvalue weighted by Gasteiger charge is -2.08. The highest BCUT2D eigenvalue weighted by Crippen LogP contribution is 2.26. The standard InChI is InChI=1S/C12H16ClN3/c1-7(14)4-9-5-10(13)6-11-8(2)15-16(3)12(9)11/h5-7H,4,14H2,1-3H3. The van der Waals surface area contributed by atoms with Crippen LogP contribution in [-0.4, -0.2) is 15.8 Å². The molecule has 1 aromatic carbocycles. The van der Waals surface area contributed by atoms with Gasteiger partial charge < -0.3 is 5.73 Å². The van der Waals surface area contributed by atoms with E-state index >= 15 is 0 Å². The Morgan fingerprint density at radius 1 is 1.50 bits per heavy atom. The molecule has 0 amide bonds. The number of hydrogen-bond acceptors (Lipinski definition) is 2. The molecule has 3 nitrogen and oxygen atoms in total. The molecule has 0 aliphatic carbocycles. The van der Waals surface area contributed by atoms with Gasteiger partial charge in [0.05, 0.1) is 11.2 Å². The molecule has 86 valence electrons. The summed E-state index contributed by atoms with van der Waals surface area (Å²) >= 11 is 6.11. The molecule has 1 heterocycles. The normalized spacial score (nSPS) is 13.3. The molecule has 0 aliphatic heterocycles. The third kappa shape index (κ3) is 1.93. The van der Waals surface area contributed by atoms with Crippen molar-refractivity contribution >= 4 is 22.5 Å². The van der Waals surface area contributed by atoms with Crippen molar-refractivity contribution in [1.29, 1.82) is 0 Å². The largest absolute Gasteiger partial charge is 0.328 e. The molecule has 2 N–H and O–H groups in total. The first-order valence-corrected chi connectivity index (χ1v) is 5.74. The minimum Gasteiger partial charge on any atom is -0.328 e. The molecule has 0 spiro atoms. The van der Waals surface area contributed by atoms with Gasteiger partial charge in [-0.15, -0.1) is 0 Å². The van der Waals surface area contributed by atoms with E-state index in [1.165, 1.54) is 5.56 Å². The van der Waals surface area contributed by atoms with E-state index in [4.69, 9.17) is 17.3 Å². The van der Waals surface area contributed by atoms with E-state index in [0.29, 0.717) is 0 Å². The summed E-state index contributed by atoms with van der Waals surface area (Å²) in [5, 5.41) is 6.28. The molecule has 0 radical (unpaired) electrons. The highest BCUT2D eigenvalue weighted by Gasteiger charge is 2.12. The van der Waals surface area contributed by atoms with Crippen LogP contribution < -0.4 is 5.73 Å². The van der Waals surface area contributed by atoms with E-state index < -0.39 is 0 Å². The van der Waals surface area contributed by atoms with Gasteiger partial charge in [-0.25, -0.2) is 0 Å². The maximum Gasteiger partial charge on any atom is 0.0715 e. The predicted molar refractivity (Wildman–Crippen MR) is 67.8 cm³/mol. The minimum absolute atomic E-state index is 0.122. The summed E-state index contributed by atoms with van der Waals surface area (Å²) in [5.74, 6) is 0. The molecule has 0 bridgehead atoms. The number of aromatic nitrogens is 2. The third-order valence-electron chi connectivity index (χ3n) is 2.71. The lowest BCUT2D eigenvalue weighted by Crippen LogP contribution is -2.18. The number of aryl methyl sites for hydroxylation is 2. The van der Waals surface area contributed by atoms with Gasteiger partial charge in [0.15, 0.2) is 0 Å². The van der Waals surface area contributed by atoms with Gasteiger partial charge in [-0.05, 0) is 38.0 Å². The second-order valence-electron chi connectivity index (χ2n) is 4.35. The topological polar surface area (TPSA) is 43.8 Å². The van der Waals surface area contributed by atoms with E-state index in [9.17, 15) is 0 Å². The molecule has 1 unspecified atom stereocenters. The maximum absolute atomic E-state index is 6.11. The lowest BCUT2D eigenvalue weighted by atomic mass is 10.0. The summed E-state index contributed by atoms with van der Waals surface area (Å²) < 4.78 is 1.90. The first-order valence-electron chi connectivity index (χ1n) is 5.36. The van der Waals surface area contributed by atoms with Crippen molar-refractivity contribution < 1.29 is 0 Å². The Hall–Kier alpha value is -1.06. The fraction of sp³-hybridized carbons (Fsp3) is 0.417. The summed E-state index contributed by atoms with van der Waals surface area (Å²) in [7, 11) is 1.95. The van der Waals surface area contributed by atoms with E-state index in [1.807, 2.05) is 37.7 Å². The average molecular weight is 238 g/mol. The SMILES string of the molecule is Cc1nn(C)c2c(CC(C)N)cc(Cl)cc12. The van der Waals surface area contributed by atoms with Crippen molar-refractivity contribution in [1.82, 2.24) is 9.78 Å². The Labute approximate surface area is 100 Å². The maximum atomic E-state index is 6.11. The molecule has 0 saturated heterocycles. The van der Waals surface area contributed by atoms with E-state index in [-0.39, 0.29) is 6.04 Å². The van der Waals surface area contributed by atoms with Gasteiger partial charge in [0, 0.05) is 23.5 Å². The van der Waals surface area contributed by atoms with Crippen molar-refractivity contribution in [2.75, 3.05) is 0 Å².